The number of nitrogens with one attached hydrogen (secondary N) is 2. The highest BCUT2D eigenvalue weighted by Crippen LogP contribution is 2.40. The molecule has 3 heterocycles. The minimum Gasteiger partial charge on any atom is -0.369 e. The number of carbonyl (C=O) groups is 1. The second kappa shape index (κ2) is 10.5. The minimum absolute atomic E-state index is 0.0114. The molecule has 200 valence electrons. The van der Waals surface area contributed by atoms with Crippen LogP contribution in [0.1, 0.15) is 48.7 Å². The van der Waals surface area contributed by atoms with Gasteiger partial charge in [0.05, 0.1) is 16.3 Å². The van der Waals surface area contributed by atoms with Crippen molar-refractivity contribution in [2.75, 3.05) is 22.7 Å². The second-order valence-corrected chi connectivity index (χ2v) is 12.3. The molecule has 0 spiro atoms. The van der Waals surface area contributed by atoms with E-state index in [1.165, 1.54) is 12.1 Å². The number of benzene rings is 2. The Morgan fingerprint density at radius 2 is 1.87 bits per heavy atom. The zero-order valence-electron chi connectivity index (χ0n) is 21.4. The number of hydrogen-bond acceptors (Lipinski definition) is 5. The molecule has 5 rings (SSSR count). The van der Waals surface area contributed by atoms with Crippen molar-refractivity contribution in [3.8, 4) is 0 Å². The van der Waals surface area contributed by atoms with Crippen LogP contribution in [-0.4, -0.2) is 38.0 Å². The van der Waals surface area contributed by atoms with E-state index in [9.17, 15) is 18.0 Å². The van der Waals surface area contributed by atoms with Crippen LogP contribution in [0.2, 0.25) is 5.02 Å². The first-order chi connectivity index (χ1) is 18.1. The van der Waals surface area contributed by atoms with E-state index < -0.39 is 10.0 Å². The van der Waals surface area contributed by atoms with E-state index >= 15 is 0 Å². The zero-order valence-corrected chi connectivity index (χ0v) is 22.9. The van der Waals surface area contributed by atoms with Gasteiger partial charge in [-0.3, -0.25) is 14.3 Å². The number of aromatic nitrogens is 1. The van der Waals surface area contributed by atoms with E-state index in [4.69, 9.17) is 11.6 Å². The average Bonchev–Trinajstić information content (AvgIpc) is 2.89. The SMILES string of the molecule is CC[C@H](C)NC(=O)c1ccc(N2C[C@H]3C[C@@H](C2)c2cccc(=O)n2C3)c(NS(=O)(=O)c2cccc(Cl)c2)c1. The van der Waals surface area contributed by atoms with E-state index in [2.05, 4.69) is 14.9 Å². The molecule has 1 amide bonds. The molecule has 1 fully saturated rings. The lowest BCUT2D eigenvalue weighted by atomic mass is 9.83. The molecule has 0 aliphatic carbocycles. The normalized spacial score (nSPS) is 19.4. The fourth-order valence-corrected chi connectivity index (χ4v) is 6.74. The van der Waals surface area contributed by atoms with Crippen LogP contribution in [0.4, 0.5) is 11.4 Å². The predicted molar refractivity (Wildman–Crippen MR) is 150 cm³/mol. The Bertz CT molecular complexity index is 1540. The van der Waals surface area contributed by atoms with Gasteiger partial charge in [0.25, 0.3) is 21.5 Å². The Morgan fingerprint density at radius 1 is 1.08 bits per heavy atom. The number of pyridine rings is 1. The Kier molecular flexibility index (Phi) is 7.24. The molecule has 1 saturated heterocycles. The third kappa shape index (κ3) is 5.31. The van der Waals surface area contributed by atoms with Crippen molar-refractivity contribution < 1.29 is 13.2 Å². The Morgan fingerprint density at radius 3 is 2.63 bits per heavy atom. The summed E-state index contributed by atoms with van der Waals surface area (Å²) in [7, 11) is -3.98. The number of fused-ring (bicyclic) bond motifs is 4. The molecular formula is C28H31ClN4O4S. The number of anilines is 2. The fourth-order valence-electron chi connectivity index (χ4n) is 5.37. The molecular weight excluding hydrogens is 524 g/mol. The summed E-state index contributed by atoms with van der Waals surface area (Å²) in [4.78, 5) is 27.5. The first-order valence-corrected chi connectivity index (χ1v) is 14.7. The summed E-state index contributed by atoms with van der Waals surface area (Å²) in [6.07, 6.45) is 1.75. The summed E-state index contributed by atoms with van der Waals surface area (Å²) in [5, 5.41) is 3.26. The molecule has 38 heavy (non-hydrogen) atoms. The highest BCUT2D eigenvalue weighted by Gasteiger charge is 2.35. The van der Waals surface area contributed by atoms with Crippen LogP contribution in [0.15, 0.2) is 70.4 Å². The maximum absolute atomic E-state index is 13.4. The number of piperidine rings is 1. The van der Waals surface area contributed by atoms with Gasteiger partial charge in [-0.15, -0.1) is 0 Å². The number of carbonyl (C=O) groups excluding carboxylic acids is 1. The zero-order chi connectivity index (χ0) is 27.0. The number of hydrogen-bond donors (Lipinski definition) is 2. The molecule has 2 bridgehead atoms. The Hall–Kier alpha value is -3.30. The van der Waals surface area contributed by atoms with Gasteiger partial charge in [0.1, 0.15) is 0 Å². The predicted octanol–water partition coefficient (Wildman–Crippen LogP) is 4.45. The highest BCUT2D eigenvalue weighted by molar-refractivity contribution is 7.92. The summed E-state index contributed by atoms with van der Waals surface area (Å²) < 4.78 is 31.3. The third-order valence-corrected chi connectivity index (χ3v) is 9.02. The molecule has 8 nitrogen and oxygen atoms in total. The molecule has 0 saturated carbocycles. The quantitative estimate of drug-likeness (QED) is 0.449. The number of nitrogens with zero attached hydrogens (tertiary/aromatic N) is 2. The molecule has 1 aromatic heterocycles. The Labute approximate surface area is 227 Å². The molecule has 10 heteroatoms. The lowest BCUT2D eigenvalue weighted by Gasteiger charge is -2.44. The van der Waals surface area contributed by atoms with Crippen LogP contribution in [0.5, 0.6) is 0 Å². The van der Waals surface area contributed by atoms with Crippen molar-refractivity contribution in [2.24, 2.45) is 5.92 Å². The summed E-state index contributed by atoms with van der Waals surface area (Å²) in [5.41, 5.74) is 2.40. The first-order valence-electron chi connectivity index (χ1n) is 12.8. The van der Waals surface area contributed by atoms with Gasteiger partial charge in [-0.05, 0) is 68.1 Å². The standard InChI is InChI=1S/C28H31ClN4O4S/c1-3-18(2)30-28(35)20-10-11-26(24(13-20)31-38(36,37)23-7-4-6-22(29)14-23)32-15-19-12-21(17-32)25-8-5-9-27(34)33(25)16-19/h4-11,13-14,18-19,21,31H,3,12,15-17H2,1-2H3,(H,30,35)/t18-,19+,21-/m0/s1. The highest BCUT2D eigenvalue weighted by atomic mass is 35.5. The molecule has 3 aromatic rings. The van der Waals surface area contributed by atoms with Gasteiger partial charge < -0.3 is 14.8 Å². The van der Waals surface area contributed by atoms with Gasteiger partial charge >= 0.3 is 0 Å². The maximum atomic E-state index is 13.4. The van der Waals surface area contributed by atoms with Gasteiger partial charge in [-0.2, -0.15) is 0 Å². The van der Waals surface area contributed by atoms with E-state index in [1.807, 2.05) is 24.5 Å². The van der Waals surface area contributed by atoms with Gasteiger partial charge in [0.2, 0.25) is 0 Å². The molecule has 0 unspecified atom stereocenters. The van der Waals surface area contributed by atoms with Crippen LogP contribution >= 0.6 is 11.6 Å². The molecule has 3 atom stereocenters. The number of sulfonamides is 1. The molecule has 2 aliphatic rings. The van der Waals surface area contributed by atoms with E-state index in [-0.39, 0.29) is 34.2 Å². The van der Waals surface area contributed by atoms with Crippen molar-refractivity contribution in [3.05, 3.63) is 87.3 Å². The fraction of sp³-hybridized carbons (Fsp3) is 0.357. The van der Waals surface area contributed by atoms with Crippen LogP contribution in [0.25, 0.3) is 0 Å². The van der Waals surface area contributed by atoms with Crippen LogP contribution in [-0.2, 0) is 16.6 Å². The average molecular weight is 555 g/mol. The summed E-state index contributed by atoms with van der Waals surface area (Å²) in [6, 6.07) is 16.6. The molecule has 2 aromatic carbocycles. The largest absolute Gasteiger partial charge is 0.369 e. The summed E-state index contributed by atoms with van der Waals surface area (Å²) >= 11 is 6.07. The van der Waals surface area contributed by atoms with E-state index in [1.54, 1.807) is 42.5 Å². The van der Waals surface area contributed by atoms with Crippen molar-refractivity contribution in [3.63, 3.8) is 0 Å². The lowest BCUT2D eigenvalue weighted by Crippen LogP contribution is -2.47. The molecule has 2 N–H and O–H groups in total. The third-order valence-electron chi connectivity index (χ3n) is 7.42. The molecule has 2 aliphatic heterocycles. The van der Waals surface area contributed by atoms with Crippen LogP contribution < -0.4 is 20.5 Å². The van der Waals surface area contributed by atoms with Gasteiger partial charge in [0, 0.05) is 53.9 Å². The van der Waals surface area contributed by atoms with Gasteiger partial charge in [0.15, 0.2) is 0 Å². The van der Waals surface area contributed by atoms with Crippen molar-refractivity contribution in [1.29, 1.82) is 0 Å². The first kappa shape index (κ1) is 26.3. The van der Waals surface area contributed by atoms with E-state index in [0.29, 0.717) is 41.6 Å². The van der Waals surface area contributed by atoms with E-state index in [0.717, 1.165) is 18.5 Å². The topological polar surface area (TPSA) is 101 Å². The monoisotopic (exact) mass is 554 g/mol. The van der Waals surface area contributed by atoms with Crippen LogP contribution in [0, 0.1) is 5.92 Å². The summed E-state index contributed by atoms with van der Waals surface area (Å²) in [6.45, 7) is 5.83. The smallest absolute Gasteiger partial charge is 0.262 e. The van der Waals surface area contributed by atoms with Crippen molar-refractivity contribution in [2.45, 2.75) is 50.1 Å². The number of amides is 1. The van der Waals surface area contributed by atoms with Crippen molar-refractivity contribution >= 4 is 38.9 Å². The van der Waals surface area contributed by atoms with Crippen molar-refractivity contribution in [1.82, 2.24) is 9.88 Å². The second-order valence-electron chi connectivity index (χ2n) is 10.2. The maximum Gasteiger partial charge on any atom is 0.262 e. The Balaban J connectivity index is 1.52. The van der Waals surface area contributed by atoms with Gasteiger partial charge in [-0.25, -0.2) is 8.42 Å². The molecule has 0 radical (unpaired) electrons. The van der Waals surface area contributed by atoms with Crippen LogP contribution in [0.3, 0.4) is 0 Å². The number of halogens is 1. The van der Waals surface area contributed by atoms with Gasteiger partial charge in [-0.1, -0.05) is 30.7 Å². The number of rotatable bonds is 7. The minimum atomic E-state index is -3.98. The summed E-state index contributed by atoms with van der Waals surface area (Å²) in [5.74, 6) is 0.118. The lowest BCUT2D eigenvalue weighted by molar-refractivity contribution is 0.0939.